The summed E-state index contributed by atoms with van der Waals surface area (Å²) in [5.41, 5.74) is -1.28. The Kier molecular flexibility index (Phi) is 4.99. The average molecular weight is 352 g/mol. The van der Waals surface area contributed by atoms with Gasteiger partial charge in [0.25, 0.3) is 5.91 Å². The number of halogens is 1. The standard InChI is InChI=1S/C18H25FN2O4/c1-17(7-10-25-18(16(17)23)5-8-20-9-6-18)21-15(22)12-3-4-14(24-2)13(19)11-12/h3-4,11,16,20,23H,5-10H2,1-2H3,(H,21,22)/t16-,17+/m0/s1. The number of benzene rings is 1. The summed E-state index contributed by atoms with van der Waals surface area (Å²) in [5, 5.41) is 17.1. The molecular weight excluding hydrogens is 327 g/mol. The Morgan fingerprint density at radius 3 is 2.76 bits per heavy atom. The van der Waals surface area contributed by atoms with E-state index in [2.05, 4.69) is 10.6 Å². The number of nitrogens with one attached hydrogen (secondary N) is 2. The van der Waals surface area contributed by atoms with E-state index in [9.17, 15) is 14.3 Å². The smallest absolute Gasteiger partial charge is 0.251 e. The van der Waals surface area contributed by atoms with E-state index in [0.717, 1.165) is 19.2 Å². The summed E-state index contributed by atoms with van der Waals surface area (Å²) in [6.45, 7) is 3.82. The molecule has 0 aliphatic carbocycles. The summed E-state index contributed by atoms with van der Waals surface area (Å²) in [4.78, 5) is 12.6. The third-order valence-corrected chi connectivity index (χ3v) is 5.38. The fourth-order valence-corrected chi connectivity index (χ4v) is 3.80. The SMILES string of the molecule is COc1ccc(C(=O)N[C@]2(C)CCOC3(CCNCC3)[C@H]2O)cc1F. The first-order valence-corrected chi connectivity index (χ1v) is 8.59. The van der Waals surface area contributed by atoms with Gasteiger partial charge in [0.05, 0.1) is 18.2 Å². The lowest BCUT2D eigenvalue weighted by atomic mass is 9.73. The number of carbonyl (C=O) groups is 1. The van der Waals surface area contributed by atoms with Crippen molar-refractivity contribution in [1.82, 2.24) is 10.6 Å². The molecule has 2 fully saturated rings. The number of amides is 1. The summed E-state index contributed by atoms with van der Waals surface area (Å²) in [6, 6.07) is 4.07. The number of aliphatic hydroxyl groups excluding tert-OH is 1. The number of rotatable bonds is 3. The van der Waals surface area contributed by atoms with Gasteiger partial charge < -0.3 is 25.2 Å². The van der Waals surface area contributed by atoms with Crippen LogP contribution in [0.5, 0.6) is 5.75 Å². The van der Waals surface area contributed by atoms with E-state index in [1.807, 2.05) is 6.92 Å². The van der Waals surface area contributed by atoms with Gasteiger partial charge in [0.1, 0.15) is 6.10 Å². The van der Waals surface area contributed by atoms with Crippen LogP contribution in [0.2, 0.25) is 0 Å². The lowest BCUT2D eigenvalue weighted by Gasteiger charge is -2.52. The Balaban J connectivity index is 1.78. The number of carbonyl (C=O) groups excluding carboxylic acids is 1. The molecule has 0 saturated carbocycles. The highest BCUT2D eigenvalue weighted by molar-refractivity contribution is 5.94. The molecule has 138 valence electrons. The monoisotopic (exact) mass is 352 g/mol. The van der Waals surface area contributed by atoms with Crippen LogP contribution in [-0.4, -0.2) is 55.1 Å². The Labute approximate surface area is 146 Å². The van der Waals surface area contributed by atoms with E-state index < -0.39 is 29.0 Å². The third kappa shape index (κ3) is 3.36. The molecule has 1 amide bonds. The highest BCUT2D eigenvalue weighted by atomic mass is 19.1. The van der Waals surface area contributed by atoms with Crippen LogP contribution in [-0.2, 0) is 4.74 Å². The maximum absolute atomic E-state index is 13.9. The number of hydrogen-bond donors (Lipinski definition) is 3. The number of aliphatic hydroxyl groups is 1. The van der Waals surface area contributed by atoms with E-state index >= 15 is 0 Å². The first-order chi connectivity index (χ1) is 11.9. The van der Waals surface area contributed by atoms with Crippen LogP contribution in [0, 0.1) is 5.82 Å². The van der Waals surface area contributed by atoms with Gasteiger partial charge in [0, 0.05) is 12.2 Å². The molecule has 2 aliphatic rings. The first-order valence-electron chi connectivity index (χ1n) is 8.59. The Hall–Kier alpha value is -1.70. The number of hydrogen-bond acceptors (Lipinski definition) is 5. The molecule has 0 radical (unpaired) electrons. The number of methoxy groups -OCH3 is 1. The van der Waals surface area contributed by atoms with Crippen molar-refractivity contribution in [1.29, 1.82) is 0 Å². The van der Waals surface area contributed by atoms with Crippen molar-refractivity contribution in [3.63, 3.8) is 0 Å². The molecule has 25 heavy (non-hydrogen) atoms. The van der Waals surface area contributed by atoms with E-state index in [1.165, 1.54) is 19.2 Å². The van der Waals surface area contributed by atoms with Crippen molar-refractivity contribution in [3.05, 3.63) is 29.6 Å². The van der Waals surface area contributed by atoms with Crippen LogP contribution >= 0.6 is 0 Å². The van der Waals surface area contributed by atoms with Gasteiger partial charge in [-0.25, -0.2) is 4.39 Å². The molecule has 0 aromatic heterocycles. The Morgan fingerprint density at radius 1 is 1.40 bits per heavy atom. The third-order valence-electron chi connectivity index (χ3n) is 5.38. The van der Waals surface area contributed by atoms with Crippen molar-refractivity contribution in [3.8, 4) is 5.75 Å². The molecule has 0 unspecified atom stereocenters. The predicted molar refractivity (Wildman–Crippen MR) is 90.2 cm³/mol. The fourth-order valence-electron chi connectivity index (χ4n) is 3.80. The first kappa shape index (κ1) is 18.1. The topological polar surface area (TPSA) is 79.8 Å². The van der Waals surface area contributed by atoms with Crippen molar-refractivity contribution in [2.75, 3.05) is 26.8 Å². The zero-order valence-electron chi connectivity index (χ0n) is 14.6. The molecule has 1 aromatic rings. The minimum absolute atomic E-state index is 0.0857. The second kappa shape index (κ2) is 6.90. The van der Waals surface area contributed by atoms with E-state index in [0.29, 0.717) is 25.9 Å². The van der Waals surface area contributed by atoms with Crippen molar-refractivity contribution < 1.29 is 23.8 Å². The normalized spacial score (nSPS) is 28.6. The summed E-state index contributed by atoms with van der Waals surface area (Å²) >= 11 is 0. The molecule has 2 atom stereocenters. The number of ether oxygens (including phenoxy) is 2. The maximum atomic E-state index is 13.9. The van der Waals surface area contributed by atoms with Crippen molar-refractivity contribution >= 4 is 5.91 Å². The van der Waals surface area contributed by atoms with Gasteiger partial charge in [0.2, 0.25) is 0 Å². The van der Waals surface area contributed by atoms with E-state index in [-0.39, 0.29) is 11.3 Å². The molecule has 3 rings (SSSR count). The molecule has 2 heterocycles. The van der Waals surface area contributed by atoms with Gasteiger partial charge in [-0.3, -0.25) is 4.79 Å². The highest BCUT2D eigenvalue weighted by Crippen LogP contribution is 2.38. The maximum Gasteiger partial charge on any atom is 0.251 e. The molecule has 2 aliphatic heterocycles. The summed E-state index contributed by atoms with van der Waals surface area (Å²) in [5.74, 6) is -0.931. The molecule has 1 spiro atoms. The molecule has 2 saturated heterocycles. The zero-order chi connectivity index (χ0) is 18.1. The quantitative estimate of drug-likeness (QED) is 0.762. The Morgan fingerprint density at radius 2 is 2.12 bits per heavy atom. The average Bonchev–Trinajstić information content (AvgIpc) is 2.60. The van der Waals surface area contributed by atoms with Gasteiger partial charge in [-0.15, -0.1) is 0 Å². The lowest BCUT2D eigenvalue weighted by Crippen LogP contribution is -2.69. The molecule has 7 heteroatoms. The largest absolute Gasteiger partial charge is 0.494 e. The predicted octanol–water partition coefficient (Wildman–Crippen LogP) is 1.23. The summed E-state index contributed by atoms with van der Waals surface area (Å²) in [7, 11) is 1.37. The van der Waals surface area contributed by atoms with Gasteiger partial charge in [-0.1, -0.05) is 0 Å². The lowest BCUT2D eigenvalue weighted by molar-refractivity contribution is -0.197. The second-order valence-corrected chi connectivity index (χ2v) is 7.04. The zero-order valence-corrected chi connectivity index (χ0v) is 14.6. The van der Waals surface area contributed by atoms with Gasteiger partial charge in [-0.2, -0.15) is 0 Å². The molecule has 6 nitrogen and oxygen atoms in total. The van der Waals surface area contributed by atoms with Gasteiger partial charge in [0.15, 0.2) is 11.6 Å². The summed E-state index contributed by atoms with van der Waals surface area (Å²) in [6.07, 6.45) is 1.05. The van der Waals surface area contributed by atoms with Crippen LogP contribution in [0.4, 0.5) is 4.39 Å². The summed E-state index contributed by atoms with van der Waals surface area (Å²) < 4.78 is 24.7. The number of piperidine rings is 1. The van der Waals surface area contributed by atoms with Gasteiger partial charge >= 0.3 is 0 Å². The van der Waals surface area contributed by atoms with E-state index in [4.69, 9.17) is 9.47 Å². The van der Waals surface area contributed by atoms with Crippen molar-refractivity contribution in [2.45, 2.75) is 43.4 Å². The van der Waals surface area contributed by atoms with Crippen LogP contribution in [0.25, 0.3) is 0 Å². The second-order valence-electron chi connectivity index (χ2n) is 7.04. The fraction of sp³-hybridized carbons (Fsp3) is 0.611. The van der Waals surface area contributed by atoms with E-state index in [1.54, 1.807) is 0 Å². The van der Waals surface area contributed by atoms with Gasteiger partial charge in [-0.05, 0) is 57.5 Å². The minimum Gasteiger partial charge on any atom is -0.494 e. The minimum atomic E-state index is -0.831. The molecule has 0 bridgehead atoms. The van der Waals surface area contributed by atoms with Crippen LogP contribution in [0.1, 0.15) is 36.5 Å². The molecular formula is C18H25FN2O4. The van der Waals surface area contributed by atoms with Crippen LogP contribution in [0.15, 0.2) is 18.2 Å². The van der Waals surface area contributed by atoms with Crippen LogP contribution in [0.3, 0.4) is 0 Å². The van der Waals surface area contributed by atoms with Crippen LogP contribution < -0.4 is 15.4 Å². The highest BCUT2D eigenvalue weighted by Gasteiger charge is 2.53. The molecule has 1 aromatic carbocycles. The Bertz CT molecular complexity index is 642. The van der Waals surface area contributed by atoms with Crippen molar-refractivity contribution in [2.24, 2.45) is 0 Å². The molecule has 3 N–H and O–H groups in total.